The molecular weight excluding hydrogens is 269 g/mol. The van der Waals surface area contributed by atoms with Crippen molar-refractivity contribution in [3.63, 3.8) is 0 Å². The predicted octanol–water partition coefficient (Wildman–Crippen LogP) is 3.17. The maximum Gasteiger partial charge on any atom is 0.461 e. The first-order chi connectivity index (χ1) is 8.64. The Morgan fingerprint density at radius 1 is 1.05 bits per heavy atom. The molecule has 0 aliphatic rings. The molecule has 1 aromatic heterocycles. The van der Waals surface area contributed by atoms with Gasteiger partial charge in [-0.25, -0.2) is 9.97 Å². The van der Waals surface area contributed by atoms with Crippen LogP contribution in [0.4, 0.5) is 27.8 Å². The van der Waals surface area contributed by atoms with Crippen molar-refractivity contribution < 1.29 is 22.0 Å². The zero-order chi connectivity index (χ0) is 14.4. The molecule has 0 unspecified atom stereocenters. The van der Waals surface area contributed by atoms with Crippen LogP contribution in [0.5, 0.6) is 0 Å². The van der Waals surface area contributed by atoms with Crippen molar-refractivity contribution in [1.82, 2.24) is 9.97 Å². The van der Waals surface area contributed by atoms with E-state index in [1.807, 2.05) is 0 Å². The van der Waals surface area contributed by atoms with Crippen molar-refractivity contribution in [2.45, 2.75) is 19.0 Å². The summed E-state index contributed by atoms with van der Waals surface area (Å²) < 4.78 is 63.1. The Morgan fingerprint density at radius 2 is 1.68 bits per heavy atom. The molecule has 0 bridgehead atoms. The largest absolute Gasteiger partial charge is 0.461 e. The van der Waals surface area contributed by atoms with Crippen LogP contribution in [0.2, 0.25) is 0 Å². The molecule has 0 aliphatic carbocycles. The van der Waals surface area contributed by atoms with Crippen LogP contribution >= 0.6 is 0 Å². The van der Waals surface area contributed by atoms with Crippen molar-refractivity contribution in [3.8, 4) is 0 Å². The smallest absolute Gasteiger partial charge is 0.383 e. The number of halogens is 5. The Hall–Kier alpha value is -1.99. The molecule has 2 N–H and O–H groups in total. The molecule has 0 saturated heterocycles. The first kappa shape index (κ1) is 13.4. The summed E-state index contributed by atoms with van der Waals surface area (Å²) in [6.07, 6.45) is -5.77. The van der Waals surface area contributed by atoms with Gasteiger partial charge in [-0.1, -0.05) is 12.1 Å². The summed E-state index contributed by atoms with van der Waals surface area (Å²) in [4.78, 5) is 6.37. The third kappa shape index (κ3) is 2.06. The van der Waals surface area contributed by atoms with E-state index in [-0.39, 0.29) is 10.9 Å². The lowest BCUT2D eigenvalue weighted by atomic mass is 10.1. The number of nitrogens with two attached hydrogens (primary N) is 1. The molecule has 1 heterocycles. The molecular formula is C11H8F5N3. The van der Waals surface area contributed by atoms with E-state index >= 15 is 0 Å². The minimum absolute atomic E-state index is 0.0496. The standard InChI is InChI=1S/C11H8F5N3/c1-5-3-2-4-6-7(5)8(17)19-9(18-6)10(12,13)11(14,15)16/h2-4H,1H3,(H2,17,18,19). The van der Waals surface area contributed by atoms with Gasteiger partial charge in [0.1, 0.15) is 5.82 Å². The van der Waals surface area contributed by atoms with Crippen LogP contribution in [0.25, 0.3) is 10.9 Å². The average Bonchev–Trinajstić information content (AvgIpc) is 2.26. The third-order valence-electron chi connectivity index (χ3n) is 2.60. The van der Waals surface area contributed by atoms with Crippen LogP contribution in [0.3, 0.4) is 0 Å². The second kappa shape index (κ2) is 4.01. The van der Waals surface area contributed by atoms with Gasteiger partial charge in [0.05, 0.1) is 5.52 Å². The fourth-order valence-electron chi connectivity index (χ4n) is 1.65. The van der Waals surface area contributed by atoms with Crippen LogP contribution in [-0.2, 0) is 5.92 Å². The number of rotatable bonds is 1. The van der Waals surface area contributed by atoms with Crippen LogP contribution < -0.4 is 5.73 Å². The lowest BCUT2D eigenvalue weighted by molar-refractivity contribution is -0.292. The fourth-order valence-corrected chi connectivity index (χ4v) is 1.65. The number of hydrogen-bond donors (Lipinski definition) is 1. The van der Waals surface area contributed by atoms with Crippen molar-refractivity contribution >= 4 is 16.7 Å². The number of aryl methyl sites for hydroxylation is 1. The molecule has 0 aliphatic heterocycles. The molecule has 0 saturated carbocycles. The number of nitrogen functional groups attached to an aromatic ring is 1. The third-order valence-corrected chi connectivity index (χ3v) is 2.60. The first-order valence-corrected chi connectivity index (χ1v) is 5.12. The Labute approximate surface area is 104 Å². The van der Waals surface area contributed by atoms with Gasteiger partial charge in [-0.05, 0) is 18.6 Å². The van der Waals surface area contributed by atoms with Gasteiger partial charge >= 0.3 is 12.1 Å². The molecule has 0 atom stereocenters. The summed E-state index contributed by atoms with van der Waals surface area (Å²) >= 11 is 0. The van der Waals surface area contributed by atoms with Gasteiger partial charge in [-0.3, -0.25) is 0 Å². The quantitative estimate of drug-likeness (QED) is 0.814. The monoisotopic (exact) mass is 277 g/mol. The lowest BCUT2D eigenvalue weighted by Gasteiger charge is -2.18. The Bertz CT molecular complexity index is 636. The molecule has 1 aromatic carbocycles. The second-order valence-electron chi connectivity index (χ2n) is 3.97. The minimum Gasteiger partial charge on any atom is -0.383 e. The Balaban J connectivity index is 2.72. The number of benzene rings is 1. The van der Waals surface area contributed by atoms with E-state index in [0.717, 1.165) is 0 Å². The number of aromatic nitrogens is 2. The van der Waals surface area contributed by atoms with Crippen LogP contribution in [0.1, 0.15) is 11.4 Å². The van der Waals surface area contributed by atoms with Gasteiger partial charge in [0.15, 0.2) is 0 Å². The maximum absolute atomic E-state index is 13.2. The predicted molar refractivity (Wildman–Crippen MR) is 58.6 cm³/mol. The van der Waals surface area contributed by atoms with Crippen molar-refractivity contribution in [3.05, 3.63) is 29.6 Å². The molecule has 0 fully saturated rings. The molecule has 102 valence electrons. The van der Waals surface area contributed by atoms with Gasteiger partial charge in [-0.15, -0.1) is 0 Å². The van der Waals surface area contributed by atoms with Gasteiger partial charge < -0.3 is 5.73 Å². The summed E-state index contributed by atoms with van der Waals surface area (Å²) in [5.41, 5.74) is 5.99. The van der Waals surface area contributed by atoms with Crippen molar-refractivity contribution in [2.75, 3.05) is 5.73 Å². The highest BCUT2D eigenvalue weighted by Gasteiger charge is 2.61. The van der Waals surface area contributed by atoms with Crippen LogP contribution in [-0.4, -0.2) is 16.1 Å². The van der Waals surface area contributed by atoms with E-state index in [9.17, 15) is 22.0 Å². The van der Waals surface area contributed by atoms with Crippen molar-refractivity contribution in [2.24, 2.45) is 0 Å². The summed E-state index contributed by atoms with van der Waals surface area (Å²) in [5.74, 6) is -7.18. The topological polar surface area (TPSA) is 51.8 Å². The Morgan fingerprint density at radius 3 is 2.26 bits per heavy atom. The number of nitrogens with zero attached hydrogens (tertiary/aromatic N) is 2. The van der Waals surface area contributed by atoms with Gasteiger partial charge in [0.25, 0.3) is 0 Å². The van der Waals surface area contributed by atoms with E-state index < -0.39 is 23.7 Å². The molecule has 2 aromatic rings. The number of alkyl halides is 5. The summed E-state index contributed by atoms with van der Waals surface area (Å²) in [7, 11) is 0. The summed E-state index contributed by atoms with van der Waals surface area (Å²) in [5, 5.41) is 0.268. The summed E-state index contributed by atoms with van der Waals surface area (Å²) in [6, 6.07) is 4.42. The molecule has 0 spiro atoms. The molecule has 19 heavy (non-hydrogen) atoms. The SMILES string of the molecule is Cc1cccc2nc(C(F)(F)C(F)(F)F)nc(N)c12. The van der Waals surface area contributed by atoms with E-state index in [2.05, 4.69) is 9.97 Å². The highest BCUT2D eigenvalue weighted by atomic mass is 19.4. The molecule has 3 nitrogen and oxygen atoms in total. The molecule has 0 amide bonds. The molecule has 0 radical (unpaired) electrons. The first-order valence-electron chi connectivity index (χ1n) is 5.12. The maximum atomic E-state index is 13.2. The number of fused-ring (bicyclic) bond motifs is 1. The minimum atomic E-state index is -5.77. The van der Waals surface area contributed by atoms with Gasteiger partial charge in [0, 0.05) is 5.39 Å². The van der Waals surface area contributed by atoms with Crippen LogP contribution in [0, 0.1) is 6.92 Å². The zero-order valence-electron chi connectivity index (χ0n) is 9.59. The van der Waals surface area contributed by atoms with Gasteiger partial charge in [-0.2, -0.15) is 22.0 Å². The lowest BCUT2D eigenvalue weighted by Crippen LogP contribution is -2.35. The van der Waals surface area contributed by atoms with E-state index in [4.69, 9.17) is 5.73 Å². The molecule has 2 rings (SSSR count). The highest BCUT2D eigenvalue weighted by Crippen LogP contribution is 2.43. The van der Waals surface area contributed by atoms with E-state index in [1.165, 1.54) is 12.1 Å². The normalized spacial score (nSPS) is 12.9. The summed E-state index contributed by atoms with van der Waals surface area (Å²) in [6.45, 7) is 1.63. The number of hydrogen-bond acceptors (Lipinski definition) is 3. The van der Waals surface area contributed by atoms with Gasteiger partial charge in [0.2, 0.25) is 5.82 Å². The fraction of sp³-hybridized carbons (Fsp3) is 0.273. The van der Waals surface area contributed by atoms with Crippen LogP contribution in [0.15, 0.2) is 18.2 Å². The van der Waals surface area contributed by atoms with Crippen molar-refractivity contribution in [1.29, 1.82) is 0 Å². The average molecular weight is 277 g/mol. The highest BCUT2D eigenvalue weighted by molar-refractivity contribution is 5.90. The Kier molecular flexibility index (Phi) is 2.83. The molecule has 8 heteroatoms. The van der Waals surface area contributed by atoms with E-state index in [0.29, 0.717) is 5.56 Å². The second-order valence-corrected chi connectivity index (χ2v) is 3.97. The van der Waals surface area contributed by atoms with E-state index in [1.54, 1.807) is 13.0 Å². The zero-order valence-corrected chi connectivity index (χ0v) is 9.59. The number of anilines is 1.